The van der Waals surface area contributed by atoms with E-state index in [2.05, 4.69) is 26.2 Å². The Morgan fingerprint density at radius 2 is 2.10 bits per heavy atom. The zero-order chi connectivity index (χ0) is 15.4. The minimum atomic E-state index is -0.0714. The SMILES string of the molecule is CN(C)C(=O)c1ccc(Cl)cc1NCc1ccc(Br)cn1. The van der Waals surface area contributed by atoms with E-state index in [1.807, 2.05) is 12.1 Å². The molecule has 0 unspecified atom stereocenters. The van der Waals surface area contributed by atoms with Gasteiger partial charge in [0.1, 0.15) is 0 Å². The maximum absolute atomic E-state index is 12.2. The van der Waals surface area contributed by atoms with Crippen LogP contribution in [0.4, 0.5) is 5.69 Å². The lowest BCUT2D eigenvalue weighted by molar-refractivity contribution is 0.0828. The van der Waals surface area contributed by atoms with Gasteiger partial charge in [-0.15, -0.1) is 0 Å². The molecule has 2 rings (SSSR count). The molecule has 110 valence electrons. The van der Waals surface area contributed by atoms with Crippen molar-refractivity contribution >= 4 is 39.1 Å². The number of halogens is 2. The molecule has 2 aromatic rings. The number of benzene rings is 1. The average molecular weight is 369 g/mol. The number of nitrogens with zero attached hydrogens (tertiary/aromatic N) is 2. The van der Waals surface area contributed by atoms with Gasteiger partial charge in [0.05, 0.1) is 17.8 Å². The van der Waals surface area contributed by atoms with Crippen molar-refractivity contribution in [3.63, 3.8) is 0 Å². The van der Waals surface area contributed by atoms with E-state index in [1.54, 1.807) is 38.5 Å². The molecule has 4 nitrogen and oxygen atoms in total. The third-order valence-electron chi connectivity index (χ3n) is 2.87. The van der Waals surface area contributed by atoms with Gasteiger partial charge in [0, 0.05) is 35.5 Å². The van der Waals surface area contributed by atoms with Crippen LogP contribution >= 0.6 is 27.5 Å². The number of hydrogen-bond acceptors (Lipinski definition) is 3. The van der Waals surface area contributed by atoms with Crippen LogP contribution < -0.4 is 5.32 Å². The Bertz CT molecular complexity index is 644. The summed E-state index contributed by atoms with van der Waals surface area (Å²) < 4.78 is 0.928. The summed E-state index contributed by atoms with van der Waals surface area (Å²) in [6, 6.07) is 9.02. The number of amides is 1. The summed E-state index contributed by atoms with van der Waals surface area (Å²) >= 11 is 9.36. The minimum Gasteiger partial charge on any atom is -0.379 e. The molecular formula is C15H15BrClN3O. The summed E-state index contributed by atoms with van der Waals surface area (Å²) in [5.74, 6) is -0.0714. The van der Waals surface area contributed by atoms with Crippen molar-refractivity contribution in [3.8, 4) is 0 Å². The van der Waals surface area contributed by atoms with Gasteiger partial charge in [-0.2, -0.15) is 0 Å². The standard InChI is InChI=1S/C15H15BrClN3O/c1-20(2)15(21)13-6-4-11(17)7-14(13)19-9-12-5-3-10(16)8-18-12/h3-8,19H,9H2,1-2H3. The first-order valence-corrected chi connectivity index (χ1v) is 7.50. The third kappa shape index (κ3) is 4.19. The molecule has 0 aliphatic heterocycles. The van der Waals surface area contributed by atoms with E-state index < -0.39 is 0 Å². The van der Waals surface area contributed by atoms with Gasteiger partial charge in [0.25, 0.3) is 5.91 Å². The number of pyridine rings is 1. The van der Waals surface area contributed by atoms with E-state index in [4.69, 9.17) is 11.6 Å². The first-order chi connectivity index (χ1) is 9.97. The van der Waals surface area contributed by atoms with Crippen molar-refractivity contribution in [1.82, 2.24) is 9.88 Å². The Morgan fingerprint density at radius 3 is 2.71 bits per heavy atom. The predicted molar refractivity (Wildman–Crippen MR) is 88.7 cm³/mol. The topological polar surface area (TPSA) is 45.2 Å². The molecule has 0 aliphatic carbocycles. The number of hydrogen-bond donors (Lipinski definition) is 1. The summed E-state index contributed by atoms with van der Waals surface area (Å²) in [6.07, 6.45) is 1.74. The molecule has 1 amide bonds. The molecule has 0 radical (unpaired) electrons. The van der Waals surface area contributed by atoms with Crippen LogP contribution in [0, 0.1) is 0 Å². The Morgan fingerprint density at radius 1 is 1.33 bits per heavy atom. The lowest BCUT2D eigenvalue weighted by atomic mass is 10.1. The third-order valence-corrected chi connectivity index (χ3v) is 3.57. The highest BCUT2D eigenvalue weighted by atomic mass is 79.9. The summed E-state index contributed by atoms with van der Waals surface area (Å²) in [7, 11) is 3.44. The van der Waals surface area contributed by atoms with Gasteiger partial charge >= 0.3 is 0 Å². The Balaban J connectivity index is 2.20. The van der Waals surface area contributed by atoms with E-state index in [-0.39, 0.29) is 5.91 Å². The monoisotopic (exact) mass is 367 g/mol. The van der Waals surface area contributed by atoms with Gasteiger partial charge in [-0.1, -0.05) is 11.6 Å². The largest absolute Gasteiger partial charge is 0.379 e. The first kappa shape index (κ1) is 15.8. The minimum absolute atomic E-state index is 0.0714. The van der Waals surface area contributed by atoms with Crippen LogP contribution in [0.1, 0.15) is 16.1 Å². The number of carbonyl (C=O) groups is 1. The molecule has 0 spiro atoms. The fraction of sp³-hybridized carbons (Fsp3) is 0.200. The molecule has 1 aromatic carbocycles. The first-order valence-electron chi connectivity index (χ1n) is 6.33. The van der Waals surface area contributed by atoms with Crippen LogP contribution in [0.3, 0.4) is 0 Å². The lowest BCUT2D eigenvalue weighted by Gasteiger charge is -2.15. The molecule has 0 fully saturated rings. The van der Waals surface area contributed by atoms with Crippen LogP contribution in [-0.4, -0.2) is 29.9 Å². The average Bonchev–Trinajstić information content (AvgIpc) is 2.46. The van der Waals surface area contributed by atoms with Crippen molar-refractivity contribution in [2.24, 2.45) is 0 Å². The van der Waals surface area contributed by atoms with Crippen LogP contribution in [0.5, 0.6) is 0 Å². The van der Waals surface area contributed by atoms with E-state index in [0.29, 0.717) is 22.8 Å². The molecule has 0 saturated carbocycles. The molecule has 0 aliphatic rings. The summed E-state index contributed by atoms with van der Waals surface area (Å²) in [5, 5.41) is 3.80. The molecule has 0 bridgehead atoms. The van der Waals surface area contributed by atoms with Crippen LogP contribution in [-0.2, 0) is 6.54 Å². The van der Waals surface area contributed by atoms with Crippen molar-refractivity contribution in [2.45, 2.75) is 6.54 Å². The highest BCUT2D eigenvalue weighted by molar-refractivity contribution is 9.10. The highest BCUT2D eigenvalue weighted by Gasteiger charge is 2.13. The maximum Gasteiger partial charge on any atom is 0.255 e. The summed E-state index contributed by atoms with van der Waals surface area (Å²) in [6.45, 7) is 0.515. The molecule has 6 heteroatoms. The van der Waals surface area contributed by atoms with Crippen LogP contribution in [0.2, 0.25) is 5.02 Å². The van der Waals surface area contributed by atoms with Gasteiger partial charge in [0.2, 0.25) is 0 Å². The van der Waals surface area contributed by atoms with Crippen molar-refractivity contribution in [2.75, 3.05) is 19.4 Å². The van der Waals surface area contributed by atoms with E-state index in [0.717, 1.165) is 10.2 Å². The molecule has 1 aromatic heterocycles. The second-order valence-corrected chi connectivity index (χ2v) is 6.06. The second-order valence-electron chi connectivity index (χ2n) is 4.71. The van der Waals surface area contributed by atoms with E-state index in [1.165, 1.54) is 4.90 Å². The lowest BCUT2D eigenvalue weighted by Crippen LogP contribution is -2.23. The van der Waals surface area contributed by atoms with Gasteiger partial charge < -0.3 is 10.2 Å². The highest BCUT2D eigenvalue weighted by Crippen LogP contribution is 2.22. The van der Waals surface area contributed by atoms with Crippen molar-refractivity contribution in [3.05, 3.63) is 57.3 Å². The normalized spacial score (nSPS) is 10.3. The summed E-state index contributed by atoms with van der Waals surface area (Å²) in [5.41, 5.74) is 2.16. The molecule has 1 N–H and O–H groups in total. The Kier molecular flexibility index (Phi) is 5.20. The number of anilines is 1. The zero-order valence-electron chi connectivity index (χ0n) is 11.7. The van der Waals surface area contributed by atoms with Crippen LogP contribution in [0.15, 0.2) is 41.0 Å². The van der Waals surface area contributed by atoms with Gasteiger partial charge in [-0.3, -0.25) is 9.78 Å². The van der Waals surface area contributed by atoms with Gasteiger partial charge in [-0.25, -0.2) is 0 Å². The van der Waals surface area contributed by atoms with Crippen molar-refractivity contribution in [1.29, 1.82) is 0 Å². The zero-order valence-corrected chi connectivity index (χ0v) is 14.1. The van der Waals surface area contributed by atoms with E-state index in [9.17, 15) is 4.79 Å². The molecule has 1 heterocycles. The van der Waals surface area contributed by atoms with Gasteiger partial charge in [0.15, 0.2) is 0 Å². The van der Waals surface area contributed by atoms with Crippen LogP contribution in [0.25, 0.3) is 0 Å². The fourth-order valence-corrected chi connectivity index (χ4v) is 2.19. The molecule has 0 saturated heterocycles. The Hall–Kier alpha value is -1.59. The quantitative estimate of drug-likeness (QED) is 0.892. The Labute approximate surface area is 137 Å². The molecule has 21 heavy (non-hydrogen) atoms. The predicted octanol–water partition coefficient (Wildman–Crippen LogP) is 3.81. The van der Waals surface area contributed by atoms with Crippen molar-refractivity contribution < 1.29 is 4.79 Å². The smallest absolute Gasteiger partial charge is 0.255 e. The molecular weight excluding hydrogens is 354 g/mol. The number of carbonyl (C=O) groups excluding carboxylic acids is 1. The molecule has 0 atom stereocenters. The summed E-state index contributed by atoms with van der Waals surface area (Å²) in [4.78, 5) is 18.0. The van der Waals surface area contributed by atoms with E-state index >= 15 is 0 Å². The maximum atomic E-state index is 12.2. The fourth-order valence-electron chi connectivity index (χ4n) is 1.79. The van der Waals surface area contributed by atoms with Gasteiger partial charge in [-0.05, 0) is 46.3 Å². The number of aromatic nitrogens is 1. The second kappa shape index (κ2) is 6.91. The number of nitrogens with one attached hydrogen (secondary N) is 1. The number of rotatable bonds is 4.